The highest BCUT2D eigenvalue weighted by molar-refractivity contribution is 5.83. The summed E-state index contributed by atoms with van der Waals surface area (Å²) in [5.74, 6) is -3.54. The predicted octanol–water partition coefficient (Wildman–Crippen LogP) is -2.06. The van der Waals surface area contributed by atoms with Gasteiger partial charge in [0, 0.05) is 6.54 Å². The molecule has 1 heterocycles. The molecular weight excluding hydrogens is 150 g/mol. The van der Waals surface area contributed by atoms with Crippen molar-refractivity contribution in [2.45, 2.75) is 24.7 Å². The predicted molar refractivity (Wildman–Crippen MR) is 35.4 cm³/mol. The zero-order valence-electron chi connectivity index (χ0n) is 5.95. The Morgan fingerprint density at radius 2 is 2.18 bits per heavy atom. The van der Waals surface area contributed by atoms with Crippen LogP contribution in [0.4, 0.5) is 0 Å². The second-order valence-corrected chi connectivity index (χ2v) is 2.64. The lowest BCUT2D eigenvalue weighted by molar-refractivity contribution is -0.219. The van der Waals surface area contributed by atoms with Gasteiger partial charge in [-0.2, -0.15) is 0 Å². The Morgan fingerprint density at radius 1 is 1.55 bits per heavy atom. The maximum Gasteiger partial charge on any atom is 0.282 e. The third-order valence-electron chi connectivity index (χ3n) is 1.74. The second-order valence-electron chi connectivity index (χ2n) is 2.64. The van der Waals surface area contributed by atoms with Crippen LogP contribution in [0.2, 0.25) is 0 Å². The fraction of sp³-hybridized carbons (Fsp3) is 0.833. The van der Waals surface area contributed by atoms with Crippen LogP contribution in [0.15, 0.2) is 0 Å². The molecule has 0 aromatic carbocycles. The van der Waals surface area contributed by atoms with Crippen LogP contribution in [-0.4, -0.2) is 39.7 Å². The van der Waals surface area contributed by atoms with E-state index in [0.717, 1.165) is 0 Å². The van der Waals surface area contributed by atoms with Crippen molar-refractivity contribution in [3.8, 4) is 0 Å². The molecule has 0 spiro atoms. The van der Waals surface area contributed by atoms with Crippen LogP contribution in [0.1, 0.15) is 12.8 Å². The molecule has 1 unspecified atom stereocenters. The second kappa shape index (κ2) is 2.77. The normalized spacial score (nSPS) is 30.8. The first kappa shape index (κ1) is 8.45. The molecule has 64 valence electrons. The standard InChI is InChI=1S/C6H11NO4/c8-4-2-1-3-7-5(9)6(4,10)11/h4,8,10-11H,1-3H2,(H,7,9). The maximum absolute atomic E-state index is 10.8. The average molecular weight is 161 g/mol. The molecule has 1 rings (SSSR count). The van der Waals surface area contributed by atoms with E-state index in [4.69, 9.17) is 15.3 Å². The highest BCUT2D eigenvalue weighted by atomic mass is 16.5. The lowest BCUT2D eigenvalue weighted by Crippen LogP contribution is -2.52. The molecule has 1 amide bonds. The lowest BCUT2D eigenvalue weighted by Gasteiger charge is -2.22. The Balaban J connectivity index is 2.76. The quantitative estimate of drug-likeness (QED) is 0.307. The van der Waals surface area contributed by atoms with Crippen molar-refractivity contribution in [1.29, 1.82) is 0 Å². The van der Waals surface area contributed by atoms with E-state index in [-0.39, 0.29) is 6.42 Å². The van der Waals surface area contributed by atoms with Gasteiger partial charge in [0.2, 0.25) is 0 Å². The van der Waals surface area contributed by atoms with Gasteiger partial charge in [-0.1, -0.05) is 0 Å². The number of aliphatic hydroxyl groups excluding tert-OH is 1. The van der Waals surface area contributed by atoms with Crippen molar-refractivity contribution in [2.75, 3.05) is 6.54 Å². The zero-order valence-corrected chi connectivity index (χ0v) is 5.95. The number of amides is 1. The molecule has 11 heavy (non-hydrogen) atoms. The molecule has 1 aliphatic rings. The highest BCUT2D eigenvalue weighted by Crippen LogP contribution is 2.14. The Morgan fingerprint density at radius 3 is 2.82 bits per heavy atom. The Labute approximate surface area is 63.7 Å². The van der Waals surface area contributed by atoms with Crippen LogP contribution in [0.3, 0.4) is 0 Å². The van der Waals surface area contributed by atoms with Crippen LogP contribution < -0.4 is 5.32 Å². The summed E-state index contributed by atoms with van der Waals surface area (Å²) in [5, 5.41) is 29.3. The molecule has 0 bridgehead atoms. The third kappa shape index (κ3) is 1.50. The largest absolute Gasteiger partial charge is 0.387 e. The first-order valence-electron chi connectivity index (χ1n) is 3.46. The van der Waals surface area contributed by atoms with Gasteiger partial charge < -0.3 is 20.6 Å². The number of carbonyl (C=O) groups is 1. The minimum atomic E-state index is -2.61. The number of hydrogen-bond acceptors (Lipinski definition) is 4. The van der Waals surface area contributed by atoms with Crippen LogP contribution in [0, 0.1) is 0 Å². The zero-order chi connectivity index (χ0) is 8.48. The molecule has 1 aliphatic heterocycles. The highest BCUT2D eigenvalue weighted by Gasteiger charge is 2.42. The van der Waals surface area contributed by atoms with Crippen molar-refractivity contribution in [1.82, 2.24) is 5.32 Å². The van der Waals surface area contributed by atoms with E-state index < -0.39 is 17.8 Å². The van der Waals surface area contributed by atoms with E-state index in [9.17, 15) is 4.79 Å². The van der Waals surface area contributed by atoms with Gasteiger partial charge in [-0.3, -0.25) is 4.79 Å². The van der Waals surface area contributed by atoms with Crippen molar-refractivity contribution in [3.63, 3.8) is 0 Å². The first-order valence-corrected chi connectivity index (χ1v) is 3.46. The van der Waals surface area contributed by atoms with Crippen LogP contribution in [-0.2, 0) is 4.79 Å². The summed E-state index contributed by atoms with van der Waals surface area (Å²) in [6, 6.07) is 0. The average Bonchev–Trinajstić information content (AvgIpc) is 2.03. The number of aliphatic hydroxyl groups is 3. The lowest BCUT2D eigenvalue weighted by atomic mass is 10.1. The monoisotopic (exact) mass is 161 g/mol. The summed E-state index contributed by atoms with van der Waals surface area (Å²) in [6.07, 6.45) is -0.619. The fourth-order valence-corrected chi connectivity index (χ4v) is 0.980. The molecule has 0 aliphatic carbocycles. The van der Waals surface area contributed by atoms with Gasteiger partial charge in [-0.15, -0.1) is 0 Å². The molecule has 0 radical (unpaired) electrons. The van der Waals surface area contributed by atoms with Crippen molar-refractivity contribution >= 4 is 5.91 Å². The van der Waals surface area contributed by atoms with E-state index >= 15 is 0 Å². The van der Waals surface area contributed by atoms with E-state index in [1.807, 2.05) is 0 Å². The van der Waals surface area contributed by atoms with E-state index in [1.165, 1.54) is 0 Å². The third-order valence-corrected chi connectivity index (χ3v) is 1.74. The summed E-state index contributed by atoms with van der Waals surface area (Å²) >= 11 is 0. The summed E-state index contributed by atoms with van der Waals surface area (Å²) in [4.78, 5) is 10.8. The van der Waals surface area contributed by atoms with E-state index in [2.05, 4.69) is 5.32 Å². The molecule has 0 aromatic heterocycles. The molecule has 1 atom stereocenters. The number of rotatable bonds is 0. The van der Waals surface area contributed by atoms with Crippen LogP contribution in [0.25, 0.3) is 0 Å². The van der Waals surface area contributed by atoms with Crippen molar-refractivity contribution in [2.24, 2.45) is 0 Å². The Hall–Kier alpha value is -0.650. The van der Waals surface area contributed by atoms with Gasteiger partial charge in [0.05, 0.1) is 0 Å². The van der Waals surface area contributed by atoms with Crippen molar-refractivity contribution in [3.05, 3.63) is 0 Å². The van der Waals surface area contributed by atoms with Gasteiger partial charge >= 0.3 is 0 Å². The summed E-state index contributed by atoms with van der Waals surface area (Å²) in [7, 11) is 0. The smallest absolute Gasteiger partial charge is 0.282 e. The van der Waals surface area contributed by atoms with E-state index in [0.29, 0.717) is 13.0 Å². The Kier molecular flexibility index (Phi) is 2.12. The van der Waals surface area contributed by atoms with Crippen LogP contribution >= 0.6 is 0 Å². The van der Waals surface area contributed by atoms with E-state index in [1.54, 1.807) is 0 Å². The molecule has 0 saturated carbocycles. The first-order chi connectivity index (χ1) is 5.05. The van der Waals surface area contributed by atoms with Gasteiger partial charge in [0.1, 0.15) is 6.10 Å². The minimum Gasteiger partial charge on any atom is -0.387 e. The molecule has 0 aromatic rings. The molecule has 1 saturated heterocycles. The van der Waals surface area contributed by atoms with Gasteiger partial charge in [0.15, 0.2) is 0 Å². The number of carbonyl (C=O) groups excluding carboxylic acids is 1. The van der Waals surface area contributed by atoms with Crippen LogP contribution in [0.5, 0.6) is 0 Å². The van der Waals surface area contributed by atoms with Gasteiger partial charge in [0.25, 0.3) is 11.7 Å². The molecule has 5 nitrogen and oxygen atoms in total. The summed E-state index contributed by atoms with van der Waals surface area (Å²) in [5.41, 5.74) is 0. The minimum absolute atomic E-state index is 0.214. The van der Waals surface area contributed by atoms with Crippen molar-refractivity contribution < 1.29 is 20.1 Å². The fourth-order valence-electron chi connectivity index (χ4n) is 0.980. The summed E-state index contributed by atoms with van der Waals surface area (Å²) < 4.78 is 0. The topological polar surface area (TPSA) is 89.8 Å². The molecule has 5 heteroatoms. The molecule has 1 fully saturated rings. The number of hydrogen-bond donors (Lipinski definition) is 4. The number of nitrogens with one attached hydrogen (secondary N) is 1. The SMILES string of the molecule is O=C1NCCCC(O)C1(O)O. The summed E-state index contributed by atoms with van der Waals surface area (Å²) in [6.45, 7) is 0.374. The molecular formula is C6H11NO4. The maximum atomic E-state index is 10.8. The molecule has 4 N–H and O–H groups in total. The van der Waals surface area contributed by atoms with Gasteiger partial charge in [-0.05, 0) is 12.8 Å². The Bertz CT molecular complexity index is 168. The van der Waals surface area contributed by atoms with Gasteiger partial charge in [-0.25, -0.2) is 0 Å².